The number of amides is 2. The van der Waals surface area contributed by atoms with Crippen LogP contribution in [0.3, 0.4) is 0 Å². The summed E-state index contributed by atoms with van der Waals surface area (Å²) in [6, 6.07) is 7.60. The van der Waals surface area contributed by atoms with E-state index in [1.54, 1.807) is 6.07 Å². The topological polar surface area (TPSA) is 134 Å². The lowest BCUT2D eigenvalue weighted by Crippen LogP contribution is -2.35. The van der Waals surface area contributed by atoms with Crippen molar-refractivity contribution >= 4 is 64.8 Å². The minimum Gasteiger partial charge on any atom is -0.478 e. The first-order chi connectivity index (χ1) is 17.2. The summed E-state index contributed by atoms with van der Waals surface area (Å²) < 4.78 is 5.25. The Labute approximate surface area is 228 Å². The molecule has 4 rings (SSSR count). The van der Waals surface area contributed by atoms with E-state index in [1.165, 1.54) is 41.8 Å². The fourth-order valence-corrected chi connectivity index (χ4v) is 4.83. The number of anilines is 2. The van der Waals surface area contributed by atoms with Crippen LogP contribution < -0.4 is 10.6 Å². The second kappa shape index (κ2) is 12.3. The highest BCUT2D eigenvalue weighted by Crippen LogP contribution is 2.28. The van der Waals surface area contributed by atoms with Crippen LogP contribution in [0.1, 0.15) is 50.1 Å². The predicted octanol–water partition coefficient (Wildman–Crippen LogP) is 5.08. The number of fused-ring (bicyclic) bond motifs is 1. The number of carboxylic acids is 1. The number of thiazole rings is 1. The number of hydrogen-bond acceptors (Lipinski definition) is 8. The van der Waals surface area contributed by atoms with Gasteiger partial charge in [-0.1, -0.05) is 17.7 Å². The number of aromatic nitrogens is 2. The van der Waals surface area contributed by atoms with E-state index in [0.29, 0.717) is 21.6 Å². The summed E-state index contributed by atoms with van der Waals surface area (Å²) in [5.74, 6) is -1.39. The molecule has 3 aromatic rings. The molecule has 0 atom stereocenters. The smallest absolute Gasteiger partial charge is 0.413 e. The minimum atomic E-state index is -1.15. The van der Waals surface area contributed by atoms with Gasteiger partial charge in [-0.25, -0.2) is 19.6 Å². The lowest BCUT2D eigenvalue weighted by atomic mass is 10.1. The van der Waals surface area contributed by atoms with Crippen molar-refractivity contribution in [2.75, 3.05) is 17.2 Å². The van der Waals surface area contributed by atoms with Crippen molar-refractivity contribution in [3.8, 4) is 0 Å². The van der Waals surface area contributed by atoms with Crippen molar-refractivity contribution in [1.29, 1.82) is 0 Å². The molecule has 1 aromatic carbocycles. The van der Waals surface area contributed by atoms with E-state index < -0.39 is 18.0 Å². The third-order valence-corrected chi connectivity index (χ3v) is 6.92. The Morgan fingerprint density at radius 2 is 2.00 bits per heavy atom. The summed E-state index contributed by atoms with van der Waals surface area (Å²) in [4.78, 5) is 48.6. The fraction of sp³-hybridized carbons (Fsp3) is 0.292. The molecule has 0 saturated heterocycles. The molecule has 10 nitrogen and oxygen atoms in total. The zero-order chi connectivity index (χ0) is 25.8. The maximum absolute atomic E-state index is 13.0. The molecule has 0 spiro atoms. The summed E-state index contributed by atoms with van der Waals surface area (Å²) in [5, 5.41) is 15.3. The standard InChI is InChI=1S/C24H24ClN5O5S.ClH/c1-13(2)30-8-6-17-19(11-30)36-22(28-17)21(31)27-18-9-14(23(32)33)3-4-15(18)12-35-24(34)29-20-10-16(25)5-7-26-20;/h3-5,7,9-10,13H,6,8,11-12H2,1-2H3,(H,27,31)(H,32,33)(H,26,29,34);1H. The lowest BCUT2D eigenvalue weighted by Gasteiger charge is -2.29. The Bertz CT molecular complexity index is 1320. The molecule has 0 aliphatic carbocycles. The monoisotopic (exact) mass is 565 g/mol. The van der Waals surface area contributed by atoms with Gasteiger partial charge in [0.2, 0.25) is 0 Å². The van der Waals surface area contributed by atoms with Gasteiger partial charge in [0.1, 0.15) is 12.4 Å². The second-order valence-electron chi connectivity index (χ2n) is 8.39. The molecular weight excluding hydrogens is 541 g/mol. The number of pyridine rings is 1. The van der Waals surface area contributed by atoms with Crippen molar-refractivity contribution in [3.63, 3.8) is 0 Å². The van der Waals surface area contributed by atoms with Gasteiger partial charge in [0.25, 0.3) is 5.91 Å². The van der Waals surface area contributed by atoms with Gasteiger partial charge in [0.05, 0.1) is 11.3 Å². The van der Waals surface area contributed by atoms with Gasteiger partial charge in [0.15, 0.2) is 5.01 Å². The Hall–Kier alpha value is -3.25. The maximum Gasteiger partial charge on any atom is 0.413 e. The van der Waals surface area contributed by atoms with Gasteiger partial charge in [0, 0.05) is 52.9 Å². The minimum absolute atomic E-state index is 0. The molecule has 0 bridgehead atoms. The number of carbonyl (C=O) groups is 3. The molecule has 0 fully saturated rings. The molecule has 3 N–H and O–H groups in total. The average molecular weight is 566 g/mol. The summed E-state index contributed by atoms with van der Waals surface area (Å²) in [6.45, 7) is 5.65. The van der Waals surface area contributed by atoms with E-state index >= 15 is 0 Å². The largest absolute Gasteiger partial charge is 0.478 e. The average Bonchev–Trinajstić information content (AvgIpc) is 3.27. The Morgan fingerprint density at radius 3 is 2.70 bits per heavy atom. The zero-order valence-electron chi connectivity index (χ0n) is 20.0. The van der Waals surface area contributed by atoms with Crippen molar-refractivity contribution in [1.82, 2.24) is 14.9 Å². The number of ether oxygens (including phenoxy) is 1. The van der Waals surface area contributed by atoms with Gasteiger partial charge in [-0.05, 0) is 38.1 Å². The van der Waals surface area contributed by atoms with Crippen LogP contribution in [0.2, 0.25) is 5.02 Å². The van der Waals surface area contributed by atoms with Crippen LogP contribution in [0.4, 0.5) is 16.3 Å². The number of carboxylic acid groups (broad SMARTS) is 1. The van der Waals surface area contributed by atoms with E-state index in [-0.39, 0.29) is 36.1 Å². The molecule has 3 heterocycles. The van der Waals surface area contributed by atoms with Crippen LogP contribution in [0.25, 0.3) is 0 Å². The first-order valence-electron chi connectivity index (χ1n) is 11.1. The fourth-order valence-electron chi connectivity index (χ4n) is 3.64. The van der Waals surface area contributed by atoms with Crippen molar-refractivity contribution < 1.29 is 24.2 Å². The maximum atomic E-state index is 13.0. The molecular formula is C24H25Cl2N5O5S. The van der Waals surface area contributed by atoms with Gasteiger partial charge in [-0.15, -0.1) is 23.7 Å². The predicted molar refractivity (Wildman–Crippen MR) is 143 cm³/mol. The summed E-state index contributed by atoms with van der Waals surface area (Å²) >= 11 is 7.22. The molecule has 196 valence electrons. The normalized spacial score (nSPS) is 12.9. The summed E-state index contributed by atoms with van der Waals surface area (Å²) in [7, 11) is 0. The number of halogens is 2. The molecule has 2 aromatic heterocycles. The zero-order valence-corrected chi connectivity index (χ0v) is 22.4. The first-order valence-corrected chi connectivity index (χ1v) is 12.3. The van der Waals surface area contributed by atoms with Crippen LogP contribution in [-0.4, -0.2) is 50.5 Å². The van der Waals surface area contributed by atoms with Crippen LogP contribution in [0.5, 0.6) is 0 Å². The van der Waals surface area contributed by atoms with Crippen LogP contribution in [0.15, 0.2) is 36.5 Å². The highest BCUT2D eigenvalue weighted by atomic mass is 35.5. The molecule has 0 saturated carbocycles. The SMILES string of the molecule is CC(C)N1CCc2nc(C(=O)Nc3cc(C(=O)O)ccc3COC(=O)Nc3cc(Cl)ccn3)sc2C1.Cl. The number of rotatable bonds is 7. The van der Waals surface area contributed by atoms with Crippen LogP contribution in [-0.2, 0) is 24.3 Å². The van der Waals surface area contributed by atoms with Gasteiger partial charge >= 0.3 is 12.1 Å². The number of hydrogen-bond donors (Lipinski definition) is 3. The second-order valence-corrected chi connectivity index (χ2v) is 9.91. The summed E-state index contributed by atoms with van der Waals surface area (Å²) in [5.41, 5.74) is 1.52. The van der Waals surface area contributed by atoms with E-state index in [2.05, 4.69) is 39.3 Å². The molecule has 37 heavy (non-hydrogen) atoms. The van der Waals surface area contributed by atoms with E-state index in [0.717, 1.165) is 30.1 Å². The molecule has 1 aliphatic rings. The third-order valence-electron chi connectivity index (χ3n) is 5.60. The molecule has 0 radical (unpaired) electrons. The number of aromatic carboxylic acids is 1. The van der Waals surface area contributed by atoms with E-state index in [1.807, 2.05) is 0 Å². The molecule has 0 unspecified atom stereocenters. The Kier molecular flexibility index (Phi) is 9.44. The number of nitrogens with zero attached hydrogens (tertiary/aromatic N) is 3. The highest BCUT2D eigenvalue weighted by molar-refractivity contribution is 7.13. The van der Waals surface area contributed by atoms with E-state index in [4.69, 9.17) is 16.3 Å². The highest BCUT2D eigenvalue weighted by Gasteiger charge is 2.25. The quantitative estimate of drug-likeness (QED) is 0.361. The first kappa shape index (κ1) is 28.3. The summed E-state index contributed by atoms with van der Waals surface area (Å²) in [6.07, 6.45) is 1.42. The van der Waals surface area contributed by atoms with Crippen LogP contribution >= 0.6 is 35.3 Å². The molecule has 1 aliphatic heterocycles. The lowest BCUT2D eigenvalue weighted by molar-refractivity contribution is 0.0696. The number of benzene rings is 1. The van der Waals surface area contributed by atoms with Crippen molar-refractivity contribution in [2.45, 2.75) is 39.5 Å². The molecule has 2 amide bonds. The third kappa shape index (κ3) is 7.16. The molecule has 13 heteroatoms. The van der Waals surface area contributed by atoms with Crippen LogP contribution in [0, 0.1) is 0 Å². The van der Waals surface area contributed by atoms with Gasteiger partial charge < -0.3 is 15.2 Å². The van der Waals surface area contributed by atoms with Crippen molar-refractivity contribution in [2.24, 2.45) is 0 Å². The Balaban J connectivity index is 0.00000380. The number of nitrogens with one attached hydrogen (secondary N) is 2. The van der Waals surface area contributed by atoms with Gasteiger partial charge in [-0.3, -0.25) is 15.0 Å². The van der Waals surface area contributed by atoms with E-state index in [9.17, 15) is 19.5 Å². The van der Waals surface area contributed by atoms with Crippen molar-refractivity contribution in [3.05, 3.63) is 68.3 Å². The van der Waals surface area contributed by atoms with Gasteiger partial charge in [-0.2, -0.15) is 0 Å². The number of carbonyl (C=O) groups excluding carboxylic acids is 2. The Morgan fingerprint density at radius 1 is 1.22 bits per heavy atom.